The van der Waals surface area contributed by atoms with Crippen LogP contribution in [0.1, 0.15) is 33.1 Å². The van der Waals surface area contributed by atoms with Gasteiger partial charge in [-0.2, -0.15) is 0 Å². The van der Waals surface area contributed by atoms with Crippen molar-refractivity contribution < 1.29 is 0 Å². The molecule has 0 aliphatic carbocycles. The van der Waals surface area contributed by atoms with E-state index in [1.165, 1.54) is 32.4 Å². The maximum atomic E-state index is 3.46. The summed E-state index contributed by atoms with van der Waals surface area (Å²) in [7, 11) is 4.27. The van der Waals surface area contributed by atoms with Gasteiger partial charge < -0.3 is 10.2 Å². The zero-order chi connectivity index (χ0) is 10.1. The zero-order valence-corrected chi connectivity index (χ0v) is 9.77. The summed E-state index contributed by atoms with van der Waals surface area (Å²) in [5.74, 6) is 0.779. The zero-order valence-electron chi connectivity index (χ0n) is 9.77. The van der Waals surface area contributed by atoms with Gasteiger partial charge in [0.15, 0.2) is 0 Å². The summed E-state index contributed by atoms with van der Waals surface area (Å²) >= 11 is 0. The molecule has 0 spiro atoms. The Labute approximate surface area is 83.7 Å². The van der Waals surface area contributed by atoms with Gasteiger partial charge in [-0.25, -0.2) is 0 Å². The van der Waals surface area contributed by atoms with Crippen molar-refractivity contribution in [3.8, 4) is 0 Å². The second-order valence-corrected chi connectivity index (χ2v) is 4.46. The Balaban J connectivity index is 2.92. The molecule has 0 bridgehead atoms. The lowest BCUT2D eigenvalue weighted by Crippen LogP contribution is -2.21. The lowest BCUT2D eigenvalue weighted by atomic mass is 10.2. The third-order valence-corrected chi connectivity index (χ3v) is 2.01. The molecule has 0 aromatic rings. The van der Waals surface area contributed by atoms with Gasteiger partial charge in [0.05, 0.1) is 0 Å². The van der Waals surface area contributed by atoms with Gasteiger partial charge in [0.1, 0.15) is 0 Å². The van der Waals surface area contributed by atoms with Crippen LogP contribution in [-0.2, 0) is 0 Å². The maximum absolute atomic E-state index is 3.46. The van der Waals surface area contributed by atoms with Crippen molar-refractivity contribution in [2.75, 3.05) is 33.7 Å². The Hall–Kier alpha value is -0.0800. The van der Waals surface area contributed by atoms with Crippen molar-refractivity contribution in [3.63, 3.8) is 0 Å². The molecule has 80 valence electrons. The third kappa shape index (κ3) is 11.9. The molecule has 2 nitrogen and oxygen atoms in total. The van der Waals surface area contributed by atoms with Crippen molar-refractivity contribution in [2.45, 2.75) is 33.1 Å². The predicted molar refractivity (Wildman–Crippen MR) is 60.1 cm³/mol. The van der Waals surface area contributed by atoms with Gasteiger partial charge in [-0.3, -0.25) is 0 Å². The highest BCUT2D eigenvalue weighted by Gasteiger charge is 1.93. The second-order valence-electron chi connectivity index (χ2n) is 4.46. The summed E-state index contributed by atoms with van der Waals surface area (Å²) in [6, 6.07) is 0. The number of unbranched alkanes of at least 4 members (excludes halogenated alkanes) is 2. The third-order valence-electron chi connectivity index (χ3n) is 2.01. The molecule has 0 amide bonds. The highest BCUT2D eigenvalue weighted by molar-refractivity contribution is 4.52. The Kier molecular flexibility index (Phi) is 8.46. The van der Waals surface area contributed by atoms with Crippen molar-refractivity contribution in [1.29, 1.82) is 0 Å². The quantitative estimate of drug-likeness (QED) is 0.583. The van der Waals surface area contributed by atoms with Gasteiger partial charge in [0, 0.05) is 0 Å². The van der Waals surface area contributed by atoms with Crippen LogP contribution in [0.15, 0.2) is 0 Å². The fraction of sp³-hybridized carbons (Fsp3) is 1.00. The van der Waals surface area contributed by atoms with Crippen LogP contribution in [0.25, 0.3) is 0 Å². The number of nitrogens with zero attached hydrogens (tertiary/aromatic N) is 1. The van der Waals surface area contributed by atoms with Gasteiger partial charge in [-0.05, 0) is 52.5 Å². The number of hydrogen-bond acceptors (Lipinski definition) is 2. The smallest absolute Gasteiger partial charge is 0.00248 e. The van der Waals surface area contributed by atoms with Gasteiger partial charge in [-0.15, -0.1) is 0 Å². The minimum Gasteiger partial charge on any atom is -0.316 e. The van der Waals surface area contributed by atoms with Crippen molar-refractivity contribution in [2.24, 2.45) is 5.92 Å². The molecular formula is C11H26N2. The summed E-state index contributed by atoms with van der Waals surface area (Å²) in [5.41, 5.74) is 0. The first-order valence-corrected chi connectivity index (χ1v) is 5.48. The van der Waals surface area contributed by atoms with E-state index in [1.807, 2.05) is 0 Å². The first-order chi connectivity index (χ1) is 6.13. The van der Waals surface area contributed by atoms with Crippen LogP contribution in [0.3, 0.4) is 0 Å². The van der Waals surface area contributed by atoms with Crippen LogP contribution in [0, 0.1) is 5.92 Å². The minimum atomic E-state index is 0.779. The van der Waals surface area contributed by atoms with E-state index in [4.69, 9.17) is 0 Å². The van der Waals surface area contributed by atoms with Gasteiger partial charge in [-0.1, -0.05) is 20.3 Å². The summed E-state index contributed by atoms with van der Waals surface area (Å²) in [4.78, 5) is 2.25. The van der Waals surface area contributed by atoms with Crippen LogP contribution >= 0.6 is 0 Å². The summed E-state index contributed by atoms with van der Waals surface area (Å²) in [6.45, 7) is 8.07. The molecule has 0 rings (SSSR count). The molecule has 0 saturated heterocycles. The normalized spacial score (nSPS) is 11.5. The first kappa shape index (κ1) is 12.9. The van der Waals surface area contributed by atoms with E-state index in [9.17, 15) is 0 Å². The SMILES string of the molecule is CC(C)CNCCCCCN(C)C. The Morgan fingerprint density at radius 1 is 1.08 bits per heavy atom. The summed E-state index contributed by atoms with van der Waals surface area (Å²) in [6.07, 6.45) is 4.00. The largest absolute Gasteiger partial charge is 0.316 e. The molecule has 2 heteroatoms. The average Bonchev–Trinajstić information content (AvgIpc) is 2.01. The molecule has 0 radical (unpaired) electrons. The van der Waals surface area contributed by atoms with Crippen LogP contribution in [0.4, 0.5) is 0 Å². The van der Waals surface area contributed by atoms with Gasteiger partial charge >= 0.3 is 0 Å². The van der Waals surface area contributed by atoms with Crippen molar-refractivity contribution in [1.82, 2.24) is 10.2 Å². The monoisotopic (exact) mass is 186 g/mol. The Morgan fingerprint density at radius 3 is 2.31 bits per heavy atom. The number of nitrogens with one attached hydrogen (secondary N) is 1. The molecule has 0 aromatic carbocycles. The maximum Gasteiger partial charge on any atom is -0.00248 e. The number of rotatable bonds is 8. The average molecular weight is 186 g/mol. The first-order valence-electron chi connectivity index (χ1n) is 5.48. The van der Waals surface area contributed by atoms with E-state index >= 15 is 0 Å². The molecule has 13 heavy (non-hydrogen) atoms. The molecule has 0 fully saturated rings. The van der Waals surface area contributed by atoms with E-state index in [-0.39, 0.29) is 0 Å². The molecule has 0 heterocycles. The van der Waals surface area contributed by atoms with Crippen LogP contribution in [-0.4, -0.2) is 38.6 Å². The van der Waals surface area contributed by atoms with Gasteiger partial charge in [0.25, 0.3) is 0 Å². The van der Waals surface area contributed by atoms with E-state index in [0.717, 1.165) is 12.5 Å². The molecule has 0 aromatic heterocycles. The summed E-state index contributed by atoms with van der Waals surface area (Å²) in [5, 5.41) is 3.46. The molecule has 0 unspecified atom stereocenters. The molecule has 1 N–H and O–H groups in total. The fourth-order valence-corrected chi connectivity index (χ4v) is 1.25. The molecule has 0 aliphatic rings. The lowest BCUT2D eigenvalue weighted by Gasteiger charge is -2.09. The lowest BCUT2D eigenvalue weighted by molar-refractivity contribution is 0.389. The van der Waals surface area contributed by atoms with Crippen LogP contribution < -0.4 is 5.32 Å². The molecule has 0 aliphatic heterocycles. The molecule has 0 saturated carbocycles. The number of hydrogen-bond donors (Lipinski definition) is 1. The van der Waals surface area contributed by atoms with E-state index < -0.39 is 0 Å². The predicted octanol–water partition coefficient (Wildman–Crippen LogP) is 1.96. The highest BCUT2D eigenvalue weighted by atomic mass is 15.0. The Morgan fingerprint density at radius 2 is 1.77 bits per heavy atom. The van der Waals surface area contributed by atoms with Crippen LogP contribution in [0.5, 0.6) is 0 Å². The van der Waals surface area contributed by atoms with Crippen molar-refractivity contribution >= 4 is 0 Å². The van der Waals surface area contributed by atoms with E-state index in [1.54, 1.807) is 0 Å². The standard InChI is InChI=1S/C11H26N2/c1-11(2)10-12-8-6-5-7-9-13(3)4/h11-12H,5-10H2,1-4H3. The van der Waals surface area contributed by atoms with Crippen LogP contribution in [0.2, 0.25) is 0 Å². The molecule has 0 atom stereocenters. The minimum absolute atomic E-state index is 0.779. The summed E-state index contributed by atoms with van der Waals surface area (Å²) < 4.78 is 0. The fourth-order valence-electron chi connectivity index (χ4n) is 1.25. The second kappa shape index (κ2) is 8.52. The molecular weight excluding hydrogens is 160 g/mol. The van der Waals surface area contributed by atoms with E-state index in [0.29, 0.717) is 0 Å². The Bertz CT molecular complexity index is 88.3. The van der Waals surface area contributed by atoms with Crippen molar-refractivity contribution in [3.05, 3.63) is 0 Å². The van der Waals surface area contributed by atoms with Gasteiger partial charge in [0.2, 0.25) is 0 Å². The van der Waals surface area contributed by atoms with E-state index in [2.05, 4.69) is 38.2 Å². The topological polar surface area (TPSA) is 15.3 Å². The highest BCUT2D eigenvalue weighted by Crippen LogP contribution is 1.95.